The van der Waals surface area contributed by atoms with Gasteiger partial charge in [-0.25, -0.2) is 14.2 Å². The van der Waals surface area contributed by atoms with Crippen molar-refractivity contribution in [3.63, 3.8) is 0 Å². The van der Waals surface area contributed by atoms with Gasteiger partial charge in [0.1, 0.15) is 5.82 Å². The summed E-state index contributed by atoms with van der Waals surface area (Å²) in [5, 5.41) is 0. The van der Waals surface area contributed by atoms with Gasteiger partial charge in [0, 0.05) is 39.3 Å². The Balaban J connectivity index is 1.52. The maximum absolute atomic E-state index is 13.7. The molecule has 1 aromatic carbocycles. The minimum atomic E-state index is -0.427. The van der Waals surface area contributed by atoms with Gasteiger partial charge in [-0.15, -0.1) is 0 Å². The Hall–Kier alpha value is -3.23. The smallest absolute Gasteiger partial charge is 0.325 e. The minimum absolute atomic E-state index is 0.0182. The summed E-state index contributed by atoms with van der Waals surface area (Å²) in [6.45, 7) is 2.87. The highest BCUT2D eigenvalue weighted by molar-refractivity contribution is 5.95. The summed E-state index contributed by atoms with van der Waals surface area (Å²) in [6.07, 6.45) is 3.90. The van der Waals surface area contributed by atoms with Crippen molar-refractivity contribution in [1.82, 2.24) is 18.7 Å². The molecule has 3 aromatic rings. The summed E-state index contributed by atoms with van der Waals surface area (Å²) in [7, 11) is 3.01. The lowest BCUT2D eigenvalue weighted by molar-refractivity contribution is -0.118. The SMILES string of the molecule is Cc1cc(F)cc2c1N(C(=O)CCCn1cnc3c1c(=O)n(C)c(=O)n3C)CCC2. The van der Waals surface area contributed by atoms with Crippen molar-refractivity contribution in [3.8, 4) is 0 Å². The minimum Gasteiger partial charge on any atom is -0.325 e. The molecule has 0 saturated carbocycles. The van der Waals surface area contributed by atoms with Crippen LogP contribution >= 0.6 is 0 Å². The maximum Gasteiger partial charge on any atom is 0.332 e. The Morgan fingerprint density at radius 1 is 1.20 bits per heavy atom. The Labute approximate surface area is 172 Å². The first kappa shape index (κ1) is 20.1. The van der Waals surface area contributed by atoms with Crippen molar-refractivity contribution in [3.05, 3.63) is 56.2 Å². The molecule has 1 aliphatic rings. The topological polar surface area (TPSA) is 82.1 Å². The van der Waals surface area contributed by atoms with E-state index < -0.39 is 11.2 Å². The third kappa shape index (κ3) is 3.24. The highest BCUT2D eigenvalue weighted by Crippen LogP contribution is 2.32. The number of aromatic nitrogens is 4. The van der Waals surface area contributed by atoms with Gasteiger partial charge in [-0.2, -0.15) is 0 Å². The van der Waals surface area contributed by atoms with E-state index in [0.29, 0.717) is 37.1 Å². The predicted molar refractivity (Wildman–Crippen MR) is 111 cm³/mol. The quantitative estimate of drug-likeness (QED) is 0.651. The Bertz CT molecular complexity index is 1270. The number of fused-ring (bicyclic) bond motifs is 2. The molecule has 3 heterocycles. The third-order valence-electron chi connectivity index (χ3n) is 5.75. The summed E-state index contributed by atoms with van der Waals surface area (Å²) in [5.74, 6) is -0.293. The molecule has 0 N–H and O–H groups in total. The van der Waals surface area contributed by atoms with Crippen LogP contribution in [0.3, 0.4) is 0 Å². The van der Waals surface area contributed by atoms with Gasteiger partial charge < -0.3 is 9.47 Å². The van der Waals surface area contributed by atoms with Crippen molar-refractivity contribution in [1.29, 1.82) is 0 Å². The molecule has 9 heteroatoms. The molecule has 0 spiro atoms. The van der Waals surface area contributed by atoms with E-state index in [9.17, 15) is 18.8 Å². The van der Waals surface area contributed by atoms with Gasteiger partial charge in [0.15, 0.2) is 11.2 Å². The molecular weight excluding hydrogens is 389 g/mol. The second kappa shape index (κ2) is 7.55. The highest BCUT2D eigenvalue weighted by Gasteiger charge is 2.24. The average Bonchev–Trinajstić information content (AvgIpc) is 3.14. The second-order valence-corrected chi connectivity index (χ2v) is 7.80. The Morgan fingerprint density at radius 3 is 2.73 bits per heavy atom. The number of hydrogen-bond acceptors (Lipinski definition) is 4. The van der Waals surface area contributed by atoms with Crippen molar-refractivity contribution in [2.45, 2.75) is 39.2 Å². The molecule has 0 fully saturated rings. The van der Waals surface area contributed by atoms with Crippen LogP contribution in [0.15, 0.2) is 28.0 Å². The number of anilines is 1. The zero-order chi connectivity index (χ0) is 21.6. The first-order valence-corrected chi connectivity index (χ1v) is 10.00. The van der Waals surface area contributed by atoms with E-state index in [1.165, 1.54) is 30.1 Å². The zero-order valence-corrected chi connectivity index (χ0v) is 17.3. The van der Waals surface area contributed by atoms with E-state index in [4.69, 9.17) is 0 Å². The molecule has 0 saturated heterocycles. The molecule has 158 valence electrons. The van der Waals surface area contributed by atoms with Crippen molar-refractivity contribution in [2.24, 2.45) is 14.1 Å². The van der Waals surface area contributed by atoms with Crippen LogP contribution in [0, 0.1) is 12.7 Å². The van der Waals surface area contributed by atoms with Gasteiger partial charge >= 0.3 is 5.69 Å². The second-order valence-electron chi connectivity index (χ2n) is 7.80. The number of carbonyl (C=O) groups excluding carboxylic acids is 1. The van der Waals surface area contributed by atoms with E-state index in [2.05, 4.69) is 4.98 Å². The van der Waals surface area contributed by atoms with E-state index in [1.54, 1.807) is 16.5 Å². The average molecular weight is 413 g/mol. The van der Waals surface area contributed by atoms with Gasteiger partial charge in [0.25, 0.3) is 5.56 Å². The number of rotatable bonds is 4. The molecule has 0 bridgehead atoms. The number of halogens is 1. The molecule has 1 aliphatic heterocycles. The van der Waals surface area contributed by atoms with E-state index >= 15 is 0 Å². The fraction of sp³-hybridized carbons (Fsp3) is 0.429. The summed E-state index contributed by atoms with van der Waals surface area (Å²) in [4.78, 5) is 43.4. The fourth-order valence-electron chi connectivity index (χ4n) is 4.27. The molecule has 1 amide bonds. The van der Waals surface area contributed by atoms with Gasteiger partial charge in [-0.1, -0.05) is 0 Å². The van der Waals surface area contributed by atoms with Crippen LogP contribution in [-0.2, 0) is 31.9 Å². The number of amides is 1. The van der Waals surface area contributed by atoms with Gasteiger partial charge in [-0.05, 0) is 49.4 Å². The molecule has 0 aliphatic carbocycles. The van der Waals surface area contributed by atoms with Crippen LogP contribution in [-0.4, -0.2) is 31.1 Å². The van der Waals surface area contributed by atoms with Crippen molar-refractivity contribution >= 4 is 22.8 Å². The molecule has 8 nitrogen and oxygen atoms in total. The molecule has 2 aromatic heterocycles. The monoisotopic (exact) mass is 413 g/mol. The zero-order valence-electron chi connectivity index (χ0n) is 17.3. The summed E-state index contributed by atoms with van der Waals surface area (Å²) in [6, 6.07) is 2.97. The molecule has 0 unspecified atom stereocenters. The number of nitrogens with zero attached hydrogens (tertiary/aromatic N) is 5. The van der Waals surface area contributed by atoms with Crippen molar-refractivity contribution < 1.29 is 9.18 Å². The van der Waals surface area contributed by atoms with Crippen LogP contribution in [0.2, 0.25) is 0 Å². The Kier molecular flexibility index (Phi) is 5.05. The van der Waals surface area contributed by atoms with E-state index in [-0.39, 0.29) is 11.7 Å². The molecule has 30 heavy (non-hydrogen) atoms. The highest BCUT2D eigenvalue weighted by atomic mass is 19.1. The lowest BCUT2D eigenvalue weighted by atomic mass is 9.97. The van der Waals surface area contributed by atoms with Gasteiger partial charge in [0.05, 0.1) is 6.33 Å². The number of benzene rings is 1. The van der Waals surface area contributed by atoms with Gasteiger partial charge in [-0.3, -0.25) is 18.7 Å². The molecule has 4 rings (SSSR count). The van der Waals surface area contributed by atoms with Gasteiger partial charge in [0.2, 0.25) is 5.91 Å². The van der Waals surface area contributed by atoms with Crippen LogP contribution < -0.4 is 16.1 Å². The number of hydrogen-bond donors (Lipinski definition) is 0. The van der Waals surface area contributed by atoms with E-state index in [1.807, 2.05) is 6.92 Å². The van der Waals surface area contributed by atoms with Crippen LogP contribution in [0.25, 0.3) is 11.2 Å². The first-order chi connectivity index (χ1) is 14.3. The summed E-state index contributed by atoms with van der Waals surface area (Å²) < 4.78 is 17.8. The van der Waals surface area contributed by atoms with Crippen LogP contribution in [0.5, 0.6) is 0 Å². The fourth-order valence-corrected chi connectivity index (χ4v) is 4.27. The summed E-state index contributed by atoms with van der Waals surface area (Å²) >= 11 is 0. The maximum atomic E-state index is 13.7. The number of aryl methyl sites for hydroxylation is 4. The van der Waals surface area contributed by atoms with Crippen molar-refractivity contribution in [2.75, 3.05) is 11.4 Å². The van der Waals surface area contributed by atoms with E-state index in [0.717, 1.165) is 34.2 Å². The number of carbonyl (C=O) groups is 1. The normalized spacial score (nSPS) is 13.7. The molecular formula is C21H24FN5O3. The largest absolute Gasteiger partial charge is 0.332 e. The lowest BCUT2D eigenvalue weighted by Crippen LogP contribution is -2.37. The third-order valence-corrected chi connectivity index (χ3v) is 5.75. The van der Waals surface area contributed by atoms with Crippen LogP contribution in [0.1, 0.15) is 30.4 Å². The first-order valence-electron chi connectivity index (χ1n) is 10.00. The molecule has 0 atom stereocenters. The molecule has 0 radical (unpaired) electrons. The number of imidazole rings is 1. The van der Waals surface area contributed by atoms with Crippen LogP contribution in [0.4, 0.5) is 10.1 Å². The standard InChI is InChI=1S/C21H24FN5O3/c1-13-10-15(22)11-14-6-4-9-27(17(13)14)16(28)7-5-8-26-12-23-19-18(26)20(29)25(3)21(30)24(19)2/h10-12H,4-9H2,1-3H3. The summed E-state index contributed by atoms with van der Waals surface area (Å²) in [5.41, 5.74) is 2.31. The Morgan fingerprint density at radius 2 is 1.97 bits per heavy atom. The predicted octanol–water partition coefficient (Wildman–Crippen LogP) is 1.64. The lowest BCUT2D eigenvalue weighted by Gasteiger charge is -2.31.